The average Bonchev–Trinajstić information content (AvgIpc) is 1.86. The molecule has 0 radical (unpaired) electrons. The Morgan fingerprint density at radius 2 is 2.20 bits per heavy atom. The fraction of sp³-hybridized carbons (Fsp3) is 1.00. The van der Waals surface area contributed by atoms with Crippen molar-refractivity contribution in [1.82, 2.24) is 4.90 Å². The molecular formula is C7H15FN2. The average molecular weight is 146 g/mol. The van der Waals surface area contributed by atoms with Gasteiger partial charge in [0.1, 0.15) is 0 Å². The highest BCUT2D eigenvalue weighted by Crippen LogP contribution is 2.13. The Balaban J connectivity index is 1.93. The third-order valence-corrected chi connectivity index (χ3v) is 1.97. The van der Waals surface area contributed by atoms with Gasteiger partial charge in [-0.3, -0.25) is 4.39 Å². The molecule has 0 aromatic carbocycles. The Morgan fingerprint density at radius 3 is 2.70 bits per heavy atom. The standard InChI is InChI=1S/C7H15FN2/c8-2-1-3-10-5-7(4-9)6-10/h7H,1-6,9H2. The molecule has 10 heavy (non-hydrogen) atoms. The smallest absolute Gasteiger partial charge is 0.0906 e. The molecule has 0 aromatic heterocycles. The van der Waals surface area contributed by atoms with E-state index in [1.165, 1.54) is 0 Å². The molecule has 2 nitrogen and oxygen atoms in total. The highest BCUT2D eigenvalue weighted by molar-refractivity contribution is 4.79. The van der Waals surface area contributed by atoms with Gasteiger partial charge < -0.3 is 10.6 Å². The lowest BCUT2D eigenvalue weighted by molar-refractivity contribution is 0.102. The van der Waals surface area contributed by atoms with Crippen LogP contribution in [0.2, 0.25) is 0 Å². The monoisotopic (exact) mass is 146 g/mol. The van der Waals surface area contributed by atoms with Crippen molar-refractivity contribution in [1.29, 1.82) is 0 Å². The summed E-state index contributed by atoms with van der Waals surface area (Å²) in [6.07, 6.45) is 0.678. The summed E-state index contributed by atoms with van der Waals surface area (Å²) in [5.41, 5.74) is 5.42. The van der Waals surface area contributed by atoms with Crippen LogP contribution in [0.15, 0.2) is 0 Å². The molecule has 0 aliphatic carbocycles. The lowest BCUT2D eigenvalue weighted by atomic mass is 10.0. The number of halogens is 1. The first-order valence-electron chi connectivity index (χ1n) is 3.85. The van der Waals surface area contributed by atoms with Gasteiger partial charge in [0.15, 0.2) is 0 Å². The van der Waals surface area contributed by atoms with Crippen LogP contribution in [0.4, 0.5) is 4.39 Å². The normalized spacial score (nSPS) is 21.0. The lowest BCUT2D eigenvalue weighted by Crippen LogP contribution is -2.50. The molecule has 1 aliphatic heterocycles. The summed E-state index contributed by atoms with van der Waals surface area (Å²) in [5.74, 6) is 0.680. The highest BCUT2D eigenvalue weighted by atomic mass is 19.1. The molecule has 0 spiro atoms. The first kappa shape index (κ1) is 7.95. The predicted octanol–water partition coefficient (Wildman–Crippen LogP) is 0.236. The van der Waals surface area contributed by atoms with Crippen LogP contribution in [0, 0.1) is 5.92 Å². The Labute approximate surface area is 61.2 Å². The number of alkyl halides is 1. The number of hydrogen-bond acceptors (Lipinski definition) is 2. The predicted molar refractivity (Wildman–Crippen MR) is 39.6 cm³/mol. The number of nitrogens with zero attached hydrogens (tertiary/aromatic N) is 1. The molecule has 1 heterocycles. The molecule has 1 aliphatic rings. The molecule has 0 amide bonds. The van der Waals surface area contributed by atoms with Gasteiger partial charge in [0.2, 0.25) is 0 Å². The highest BCUT2D eigenvalue weighted by Gasteiger charge is 2.23. The number of nitrogens with two attached hydrogens (primary N) is 1. The van der Waals surface area contributed by atoms with E-state index in [-0.39, 0.29) is 6.67 Å². The van der Waals surface area contributed by atoms with Crippen LogP contribution in [0.3, 0.4) is 0 Å². The lowest BCUT2D eigenvalue weighted by Gasteiger charge is -2.38. The van der Waals surface area contributed by atoms with Gasteiger partial charge in [-0.25, -0.2) is 0 Å². The van der Waals surface area contributed by atoms with Gasteiger partial charge in [-0.05, 0) is 18.9 Å². The maximum Gasteiger partial charge on any atom is 0.0906 e. The molecule has 3 heteroatoms. The van der Waals surface area contributed by atoms with Crippen LogP contribution in [0.1, 0.15) is 6.42 Å². The van der Waals surface area contributed by atoms with Gasteiger partial charge in [0.25, 0.3) is 0 Å². The topological polar surface area (TPSA) is 29.3 Å². The molecule has 1 fully saturated rings. The van der Waals surface area contributed by atoms with Crippen molar-refractivity contribution in [3.63, 3.8) is 0 Å². The zero-order chi connectivity index (χ0) is 7.40. The van der Waals surface area contributed by atoms with E-state index in [2.05, 4.69) is 4.90 Å². The van der Waals surface area contributed by atoms with Gasteiger partial charge in [0, 0.05) is 19.6 Å². The second-order valence-electron chi connectivity index (χ2n) is 2.90. The SMILES string of the molecule is NCC1CN(CCCF)C1. The van der Waals surface area contributed by atoms with E-state index in [1.54, 1.807) is 0 Å². The summed E-state index contributed by atoms with van der Waals surface area (Å²) in [4.78, 5) is 2.25. The molecule has 0 aromatic rings. The Bertz CT molecular complexity index is 88.9. The van der Waals surface area contributed by atoms with Gasteiger partial charge in [-0.2, -0.15) is 0 Å². The summed E-state index contributed by atoms with van der Waals surface area (Å²) >= 11 is 0. The van der Waals surface area contributed by atoms with E-state index >= 15 is 0 Å². The second-order valence-corrected chi connectivity index (χ2v) is 2.90. The van der Waals surface area contributed by atoms with Gasteiger partial charge >= 0.3 is 0 Å². The molecule has 0 bridgehead atoms. The molecular weight excluding hydrogens is 131 g/mol. The minimum Gasteiger partial charge on any atom is -0.330 e. The largest absolute Gasteiger partial charge is 0.330 e. The maximum atomic E-state index is 11.6. The van der Waals surface area contributed by atoms with Crippen LogP contribution >= 0.6 is 0 Å². The van der Waals surface area contributed by atoms with E-state index < -0.39 is 0 Å². The van der Waals surface area contributed by atoms with E-state index in [9.17, 15) is 4.39 Å². The van der Waals surface area contributed by atoms with Crippen molar-refractivity contribution in [2.24, 2.45) is 11.7 Å². The van der Waals surface area contributed by atoms with Crippen LogP contribution in [-0.2, 0) is 0 Å². The molecule has 0 unspecified atom stereocenters. The van der Waals surface area contributed by atoms with E-state index in [0.717, 1.165) is 26.2 Å². The van der Waals surface area contributed by atoms with Crippen molar-refractivity contribution in [3.8, 4) is 0 Å². The van der Waals surface area contributed by atoms with Gasteiger partial charge in [0.05, 0.1) is 6.67 Å². The van der Waals surface area contributed by atoms with Crippen molar-refractivity contribution in [3.05, 3.63) is 0 Å². The third kappa shape index (κ3) is 1.92. The zero-order valence-corrected chi connectivity index (χ0v) is 6.22. The van der Waals surface area contributed by atoms with Crippen molar-refractivity contribution in [2.45, 2.75) is 6.42 Å². The Morgan fingerprint density at radius 1 is 1.50 bits per heavy atom. The van der Waals surface area contributed by atoms with Crippen molar-refractivity contribution < 1.29 is 4.39 Å². The summed E-state index contributed by atoms with van der Waals surface area (Å²) in [6.45, 7) is 3.66. The van der Waals surface area contributed by atoms with Gasteiger partial charge in [-0.15, -0.1) is 0 Å². The van der Waals surface area contributed by atoms with Crippen molar-refractivity contribution >= 4 is 0 Å². The maximum absolute atomic E-state index is 11.6. The van der Waals surface area contributed by atoms with Crippen LogP contribution in [0.5, 0.6) is 0 Å². The summed E-state index contributed by atoms with van der Waals surface area (Å²) < 4.78 is 11.6. The second kappa shape index (κ2) is 3.88. The third-order valence-electron chi connectivity index (χ3n) is 1.97. The molecule has 2 N–H and O–H groups in total. The van der Waals surface area contributed by atoms with E-state index in [0.29, 0.717) is 12.3 Å². The van der Waals surface area contributed by atoms with Crippen LogP contribution in [-0.4, -0.2) is 37.8 Å². The minimum absolute atomic E-state index is 0.191. The van der Waals surface area contributed by atoms with Crippen LogP contribution < -0.4 is 5.73 Å². The molecule has 1 rings (SSSR count). The zero-order valence-electron chi connectivity index (χ0n) is 6.22. The summed E-state index contributed by atoms with van der Waals surface area (Å²) in [5, 5.41) is 0. The quantitative estimate of drug-likeness (QED) is 0.615. The van der Waals surface area contributed by atoms with Gasteiger partial charge in [-0.1, -0.05) is 0 Å². The first-order chi connectivity index (χ1) is 4.86. The summed E-state index contributed by atoms with van der Waals surface area (Å²) in [6, 6.07) is 0. The number of hydrogen-bond donors (Lipinski definition) is 1. The summed E-state index contributed by atoms with van der Waals surface area (Å²) in [7, 11) is 0. The Kier molecular flexibility index (Phi) is 3.09. The first-order valence-corrected chi connectivity index (χ1v) is 3.85. The molecule has 1 saturated heterocycles. The van der Waals surface area contributed by atoms with E-state index in [1.807, 2.05) is 0 Å². The van der Waals surface area contributed by atoms with E-state index in [4.69, 9.17) is 5.73 Å². The van der Waals surface area contributed by atoms with Crippen molar-refractivity contribution in [2.75, 3.05) is 32.9 Å². The number of rotatable bonds is 4. The molecule has 0 saturated carbocycles. The fourth-order valence-corrected chi connectivity index (χ4v) is 1.29. The molecule has 0 atom stereocenters. The van der Waals surface area contributed by atoms with Crippen LogP contribution in [0.25, 0.3) is 0 Å². The minimum atomic E-state index is -0.191. The fourth-order valence-electron chi connectivity index (χ4n) is 1.29. The Hall–Kier alpha value is -0.150. The number of likely N-dealkylation sites (tertiary alicyclic amines) is 1. The molecule has 60 valence electrons.